The first-order valence-corrected chi connectivity index (χ1v) is 5.59. The molecule has 1 fully saturated rings. The summed E-state index contributed by atoms with van der Waals surface area (Å²) >= 11 is 0. The molecule has 1 atom stereocenters. The lowest BCUT2D eigenvalue weighted by molar-refractivity contribution is -0.0109. The number of amides is 1. The Balaban J connectivity index is 2.12. The Hall–Kier alpha value is -1.69. The molecular weight excluding hydrogens is 220 g/mol. The van der Waals surface area contributed by atoms with Gasteiger partial charge in [0.15, 0.2) is 5.69 Å². The number of nitrogens with two attached hydrogens (primary N) is 1. The van der Waals surface area contributed by atoms with Crippen LogP contribution in [-0.4, -0.2) is 44.8 Å². The largest absolute Gasteiger partial charge is 0.388 e. The molecule has 0 radical (unpaired) electrons. The lowest BCUT2D eigenvalue weighted by Crippen LogP contribution is -2.48. The maximum absolute atomic E-state index is 12.1. The molecular formula is C11H16N4O2. The normalized spacial score (nSPS) is 24.7. The third-order valence-electron chi connectivity index (χ3n) is 2.87. The fraction of sp³-hybridized carbons (Fsp3) is 0.545. The van der Waals surface area contributed by atoms with Gasteiger partial charge in [-0.05, 0) is 31.9 Å². The van der Waals surface area contributed by atoms with Gasteiger partial charge in [-0.15, -0.1) is 10.2 Å². The van der Waals surface area contributed by atoms with Crippen LogP contribution in [0.4, 0.5) is 5.82 Å². The van der Waals surface area contributed by atoms with Gasteiger partial charge in [-0.25, -0.2) is 0 Å². The lowest BCUT2D eigenvalue weighted by atomic mass is 9.95. The van der Waals surface area contributed by atoms with Crippen molar-refractivity contribution in [2.24, 2.45) is 0 Å². The Bertz CT molecular complexity index is 416. The number of hydrogen-bond acceptors (Lipinski definition) is 5. The van der Waals surface area contributed by atoms with Crippen LogP contribution in [0.2, 0.25) is 0 Å². The summed E-state index contributed by atoms with van der Waals surface area (Å²) < 4.78 is 0. The van der Waals surface area contributed by atoms with Crippen molar-refractivity contribution in [3.63, 3.8) is 0 Å². The molecule has 1 aromatic heterocycles. The molecule has 1 unspecified atom stereocenters. The summed E-state index contributed by atoms with van der Waals surface area (Å²) in [6, 6.07) is 3.09. The second kappa shape index (κ2) is 4.29. The van der Waals surface area contributed by atoms with Gasteiger partial charge in [0.1, 0.15) is 5.82 Å². The molecule has 0 aromatic carbocycles. The van der Waals surface area contributed by atoms with Crippen molar-refractivity contribution < 1.29 is 9.90 Å². The predicted molar refractivity (Wildman–Crippen MR) is 62.2 cm³/mol. The minimum atomic E-state index is -0.810. The molecule has 6 heteroatoms. The molecule has 0 spiro atoms. The van der Waals surface area contributed by atoms with Crippen LogP contribution in [0.25, 0.3) is 0 Å². The quantitative estimate of drug-likeness (QED) is 0.718. The van der Waals surface area contributed by atoms with Crippen molar-refractivity contribution in [2.75, 3.05) is 18.8 Å². The van der Waals surface area contributed by atoms with Crippen molar-refractivity contribution in [1.29, 1.82) is 0 Å². The number of anilines is 1. The van der Waals surface area contributed by atoms with Crippen LogP contribution in [0.1, 0.15) is 30.3 Å². The summed E-state index contributed by atoms with van der Waals surface area (Å²) in [5.41, 5.74) is 4.86. The van der Waals surface area contributed by atoms with E-state index < -0.39 is 5.60 Å². The molecule has 0 aliphatic carbocycles. The molecule has 2 heterocycles. The third-order valence-corrected chi connectivity index (χ3v) is 2.87. The van der Waals surface area contributed by atoms with Crippen LogP contribution >= 0.6 is 0 Å². The average Bonchev–Trinajstić information content (AvgIpc) is 2.28. The van der Waals surface area contributed by atoms with E-state index in [2.05, 4.69) is 10.2 Å². The summed E-state index contributed by atoms with van der Waals surface area (Å²) in [7, 11) is 0. The average molecular weight is 236 g/mol. The summed E-state index contributed by atoms with van der Waals surface area (Å²) in [5, 5.41) is 17.3. The maximum atomic E-state index is 12.1. The van der Waals surface area contributed by atoms with Crippen molar-refractivity contribution in [2.45, 2.75) is 25.4 Å². The van der Waals surface area contributed by atoms with Crippen LogP contribution in [0, 0.1) is 0 Å². The van der Waals surface area contributed by atoms with Crippen LogP contribution in [-0.2, 0) is 0 Å². The smallest absolute Gasteiger partial charge is 0.274 e. The Morgan fingerprint density at radius 1 is 1.53 bits per heavy atom. The lowest BCUT2D eigenvalue weighted by Gasteiger charge is -2.36. The van der Waals surface area contributed by atoms with E-state index in [0.717, 1.165) is 6.42 Å². The van der Waals surface area contributed by atoms with Gasteiger partial charge in [-0.2, -0.15) is 0 Å². The van der Waals surface area contributed by atoms with E-state index in [1.807, 2.05) is 0 Å². The van der Waals surface area contributed by atoms with Crippen LogP contribution < -0.4 is 5.73 Å². The first-order chi connectivity index (χ1) is 7.98. The highest BCUT2D eigenvalue weighted by molar-refractivity contribution is 5.92. The molecule has 0 saturated carbocycles. The molecule has 92 valence electrons. The zero-order valence-corrected chi connectivity index (χ0v) is 9.76. The number of hydrogen-bond donors (Lipinski definition) is 2. The van der Waals surface area contributed by atoms with Gasteiger partial charge in [0.05, 0.1) is 5.60 Å². The minimum Gasteiger partial charge on any atom is -0.388 e. The zero-order valence-electron chi connectivity index (χ0n) is 9.76. The number of nitrogens with zero attached hydrogens (tertiary/aromatic N) is 3. The van der Waals surface area contributed by atoms with Gasteiger partial charge in [-0.3, -0.25) is 4.79 Å². The summed E-state index contributed by atoms with van der Waals surface area (Å²) in [5.74, 6) is 0.0738. The summed E-state index contributed by atoms with van der Waals surface area (Å²) in [6.07, 6.45) is 1.51. The van der Waals surface area contributed by atoms with E-state index in [1.165, 1.54) is 0 Å². The summed E-state index contributed by atoms with van der Waals surface area (Å²) in [4.78, 5) is 13.7. The van der Waals surface area contributed by atoms with Gasteiger partial charge < -0.3 is 15.7 Å². The maximum Gasteiger partial charge on any atom is 0.274 e. The van der Waals surface area contributed by atoms with Crippen LogP contribution in [0.15, 0.2) is 12.1 Å². The number of rotatable bonds is 1. The molecule has 3 N–H and O–H groups in total. The number of carbonyl (C=O) groups is 1. The van der Waals surface area contributed by atoms with E-state index >= 15 is 0 Å². The molecule has 6 nitrogen and oxygen atoms in total. The van der Waals surface area contributed by atoms with Crippen molar-refractivity contribution in [3.8, 4) is 0 Å². The minimum absolute atomic E-state index is 0.211. The number of β-amino-alcohol motifs (C(OH)–C–C–N with tert-alkyl or cyclic N) is 1. The Morgan fingerprint density at radius 2 is 2.29 bits per heavy atom. The SMILES string of the molecule is CC1(O)CCCN(C(=O)c2ccc(N)nn2)C1. The van der Waals surface area contributed by atoms with Crippen molar-refractivity contribution >= 4 is 11.7 Å². The number of nitrogen functional groups attached to an aromatic ring is 1. The van der Waals surface area contributed by atoms with E-state index in [1.54, 1.807) is 24.0 Å². The highest BCUT2D eigenvalue weighted by atomic mass is 16.3. The Kier molecular flexibility index (Phi) is 2.97. The number of carbonyl (C=O) groups excluding carboxylic acids is 1. The number of piperidine rings is 1. The predicted octanol–water partition coefficient (Wildman–Crippen LogP) is 0.0458. The van der Waals surface area contributed by atoms with Crippen LogP contribution in [0.5, 0.6) is 0 Å². The molecule has 17 heavy (non-hydrogen) atoms. The number of likely N-dealkylation sites (tertiary alicyclic amines) is 1. The molecule has 0 bridgehead atoms. The van der Waals surface area contributed by atoms with Gasteiger partial charge >= 0.3 is 0 Å². The highest BCUT2D eigenvalue weighted by Gasteiger charge is 2.31. The summed E-state index contributed by atoms with van der Waals surface area (Å²) in [6.45, 7) is 2.71. The van der Waals surface area contributed by atoms with E-state index in [4.69, 9.17) is 5.73 Å². The third kappa shape index (κ3) is 2.71. The standard InChI is InChI=1S/C11H16N4O2/c1-11(17)5-2-6-15(7-11)10(16)8-3-4-9(12)14-13-8/h3-4,17H,2,5-7H2,1H3,(H2,12,14). The monoisotopic (exact) mass is 236 g/mol. The van der Waals surface area contributed by atoms with Crippen LogP contribution in [0.3, 0.4) is 0 Å². The van der Waals surface area contributed by atoms with Crippen molar-refractivity contribution in [3.05, 3.63) is 17.8 Å². The number of aromatic nitrogens is 2. The van der Waals surface area contributed by atoms with Gasteiger partial charge in [0.2, 0.25) is 0 Å². The molecule has 1 amide bonds. The van der Waals surface area contributed by atoms with Gasteiger partial charge in [0.25, 0.3) is 5.91 Å². The first-order valence-electron chi connectivity index (χ1n) is 5.59. The molecule has 1 aromatic rings. The second-order valence-electron chi connectivity index (χ2n) is 4.67. The molecule has 1 aliphatic heterocycles. The Morgan fingerprint density at radius 3 is 2.88 bits per heavy atom. The fourth-order valence-electron chi connectivity index (χ4n) is 2.01. The van der Waals surface area contributed by atoms with E-state index in [0.29, 0.717) is 19.5 Å². The van der Waals surface area contributed by atoms with Gasteiger partial charge in [-0.1, -0.05) is 0 Å². The highest BCUT2D eigenvalue weighted by Crippen LogP contribution is 2.21. The first kappa shape index (κ1) is 11.8. The topological polar surface area (TPSA) is 92.3 Å². The number of aliphatic hydroxyl groups is 1. The Labute approximate surface area is 99.4 Å². The van der Waals surface area contributed by atoms with E-state index in [9.17, 15) is 9.90 Å². The van der Waals surface area contributed by atoms with Gasteiger partial charge in [0, 0.05) is 13.1 Å². The molecule has 1 aliphatic rings. The zero-order chi connectivity index (χ0) is 12.5. The molecule has 1 saturated heterocycles. The second-order valence-corrected chi connectivity index (χ2v) is 4.67. The van der Waals surface area contributed by atoms with Crippen molar-refractivity contribution in [1.82, 2.24) is 15.1 Å². The van der Waals surface area contributed by atoms with E-state index in [-0.39, 0.29) is 17.4 Å². The molecule has 2 rings (SSSR count). The fourth-order valence-corrected chi connectivity index (χ4v) is 2.01.